The molecule has 2 rings (SSSR count). The molecule has 210 valence electrons. The number of anilines is 1. The average Bonchev–Trinajstić information content (AvgIpc) is 3.18. The van der Waals surface area contributed by atoms with Gasteiger partial charge in [-0.05, 0) is 54.0 Å². The van der Waals surface area contributed by atoms with Gasteiger partial charge in [0.15, 0.2) is 5.82 Å². The molecule has 2 atom stereocenters. The topological polar surface area (TPSA) is 174 Å². The number of carbonyl (C=O) groups is 2. The van der Waals surface area contributed by atoms with Gasteiger partial charge in [-0.1, -0.05) is 0 Å². The highest BCUT2D eigenvalue weighted by atomic mass is 31.2. The number of carbonyl (C=O) groups excluding carboxylic acids is 2. The number of nitrogens with zero attached hydrogens (tertiary/aromatic N) is 2. The molecule has 16 heteroatoms. The molecule has 0 amide bonds. The van der Waals surface area contributed by atoms with Crippen LogP contribution >= 0.6 is 7.82 Å². The van der Waals surface area contributed by atoms with Crippen molar-refractivity contribution < 1.29 is 51.5 Å². The highest BCUT2D eigenvalue weighted by molar-refractivity contribution is 7.48. The number of phosphoric acid groups is 1. The third-order valence-electron chi connectivity index (χ3n) is 4.83. The first-order valence-corrected chi connectivity index (χ1v) is 12.7. The molecule has 1 aromatic heterocycles. The van der Waals surface area contributed by atoms with Gasteiger partial charge >= 0.3 is 25.5 Å². The van der Waals surface area contributed by atoms with Gasteiger partial charge in [0.05, 0.1) is 10.8 Å². The van der Waals surface area contributed by atoms with Crippen LogP contribution in [0.3, 0.4) is 0 Å². The number of phosphoric ester groups is 1. The summed E-state index contributed by atoms with van der Waals surface area (Å²) >= 11 is 0. The number of ether oxygens (including phenoxy) is 3. The highest BCUT2D eigenvalue weighted by Gasteiger charge is 2.45. The lowest BCUT2D eigenvalue weighted by molar-refractivity contribution is -0.181. The van der Waals surface area contributed by atoms with E-state index in [1.54, 1.807) is 47.0 Å². The lowest BCUT2D eigenvalue weighted by Gasteiger charge is -2.25. The molecule has 0 aromatic carbocycles. The Morgan fingerprint density at radius 3 is 2.16 bits per heavy atom. The van der Waals surface area contributed by atoms with Crippen molar-refractivity contribution in [3.8, 4) is 0 Å². The quantitative estimate of drug-likeness (QED) is 0.177. The summed E-state index contributed by atoms with van der Waals surface area (Å²) in [6, 6.07) is 1.27. The predicted molar refractivity (Wildman–Crippen MR) is 124 cm³/mol. The van der Waals surface area contributed by atoms with Crippen LogP contribution in [-0.4, -0.2) is 52.7 Å². The second kappa shape index (κ2) is 12.0. The molecule has 1 aliphatic rings. The van der Waals surface area contributed by atoms with E-state index < -0.39 is 68.6 Å². The monoisotopic (exact) mass is 553 g/mol. The fourth-order valence-electron chi connectivity index (χ4n) is 2.71. The van der Waals surface area contributed by atoms with Gasteiger partial charge in [-0.15, -0.1) is 0 Å². The molecule has 1 fully saturated rings. The molecule has 0 bridgehead atoms. The minimum Gasteiger partial charge on any atom is -0.437 e. The molecule has 1 aliphatic heterocycles. The number of hydrogen-bond acceptors (Lipinski definition) is 13. The van der Waals surface area contributed by atoms with Crippen LogP contribution in [0.4, 0.5) is 10.2 Å². The van der Waals surface area contributed by atoms with Crippen LogP contribution in [0.25, 0.3) is 0 Å². The van der Waals surface area contributed by atoms with Crippen molar-refractivity contribution in [2.24, 2.45) is 10.8 Å². The normalized spacial score (nSPS) is 20.5. The van der Waals surface area contributed by atoms with Gasteiger partial charge in [0.2, 0.25) is 19.4 Å². The Labute approximate surface area is 212 Å². The Kier molecular flexibility index (Phi) is 9.96. The van der Waals surface area contributed by atoms with E-state index in [2.05, 4.69) is 4.98 Å². The van der Waals surface area contributed by atoms with Crippen molar-refractivity contribution in [3.05, 3.63) is 22.7 Å². The lowest BCUT2D eigenvalue weighted by Crippen LogP contribution is -2.32. The molecule has 0 aliphatic carbocycles. The van der Waals surface area contributed by atoms with Crippen LogP contribution in [0, 0.1) is 10.8 Å². The van der Waals surface area contributed by atoms with Gasteiger partial charge in [0.1, 0.15) is 12.8 Å². The zero-order valence-electron chi connectivity index (χ0n) is 21.5. The van der Waals surface area contributed by atoms with Crippen molar-refractivity contribution in [2.45, 2.75) is 66.5 Å². The smallest absolute Gasteiger partial charge is 0.437 e. The molecular weight excluding hydrogens is 520 g/mol. The van der Waals surface area contributed by atoms with Gasteiger partial charge in [0.25, 0.3) is 0 Å². The van der Waals surface area contributed by atoms with Crippen LogP contribution in [0.15, 0.2) is 17.1 Å². The second-order valence-corrected chi connectivity index (χ2v) is 11.9. The average molecular weight is 553 g/mol. The molecule has 37 heavy (non-hydrogen) atoms. The van der Waals surface area contributed by atoms with Crippen molar-refractivity contribution in [3.63, 3.8) is 0 Å². The van der Waals surface area contributed by atoms with Gasteiger partial charge in [-0.25, -0.2) is 22.8 Å². The molecular formula is C21H33FN3O11P. The number of halogens is 1. The minimum atomic E-state index is -4.63. The van der Waals surface area contributed by atoms with Crippen LogP contribution in [0.2, 0.25) is 0 Å². The van der Waals surface area contributed by atoms with Crippen molar-refractivity contribution in [2.75, 3.05) is 25.7 Å². The van der Waals surface area contributed by atoms with E-state index in [1.807, 2.05) is 0 Å². The summed E-state index contributed by atoms with van der Waals surface area (Å²) in [6.45, 7) is 6.86. The molecule has 0 spiro atoms. The molecule has 14 nitrogen and oxygen atoms in total. The Hall–Kier alpha value is -2.42. The number of nitrogens with one attached hydrogen (secondary N) is 1. The third-order valence-corrected chi connectivity index (χ3v) is 6.12. The predicted octanol–water partition coefficient (Wildman–Crippen LogP) is 3.27. The van der Waals surface area contributed by atoms with E-state index in [0.717, 1.165) is 4.57 Å². The van der Waals surface area contributed by atoms with Gasteiger partial charge in [-0.2, -0.15) is 4.98 Å². The fourth-order valence-corrected chi connectivity index (χ4v) is 3.64. The van der Waals surface area contributed by atoms with E-state index >= 15 is 4.39 Å². The Morgan fingerprint density at radius 1 is 1.16 bits per heavy atom. The van der Waals surface area contributed by atoms with Crippen LogP contribution in [0.1, 0.15) is 60.6 Å². The fraction of sp³-hybridized carbons (Fsp3) is 0.714. The molecule has 1 aromatic rings. The number of hydrogen-bond donors (Lipinski definition) is 2. The van der Waals surface area contributed by atoms with E-state index in [9.17, 15) is 18.9 Å². The Balaban J connectivity index is 2.05. The minimum absolute atomic E-state index is 0.0335. The highest BCUT2D eigenvalue weighted by Crippen LogP contribution is 2.51. The Morgan fingerprint density at radius 2 is 1.70 bits per heavy atom. The number of alkyl halides is 1. The SMILES string of the molecule is CC(C)(C)C(=O)OCOP(=O)(OCOC(=O)C(C)(C)C)OC[C@]1(F)CC[C@H](n2ccc(NO)nc2=O)O1. The first-order chi connectivity index (χ1) is 17.0. The molecule has 1 saturated heterocycles. The van der Waals surface area contributed by atoms with E-state index in [4.69, 9.17) is 33.0 Å². The number of esters is 2. The maximum Gasteiger partial charge on any atom is 0.480 e. The lowest BCUT2D eigenvalue weighted by atomic mass is 9.98. The zero-order valence-corrected chi connectivity index (χ0v) is 22.4. The standard InChI is InChI=1S/C21H33FN3O11P/c1-19(2,3)16(26)31-12-34-37(30,35-13-32-17(27)20(4,5)6)33-11-21(22)9-7-15(36-21)25-10-8-14(24-29)23-18(25)28/h8,10,15,29H,7,9,11-13H2,1-6H3,(H,23,24,28)/t15-,21+/m1/s1. The van der Waals surface area contributed by atoms with Crippen LogP contribution < -0.4 is 11.2 Å². The van der Waals surface area contributed by atoms with Crippen molar-refractivity contribution in [1.82, 2.24) is 9.55 Å². The van der Waals surface area contributed by atoms with Crippen LogP contribution in [-0.2, 0) is 41.9 Å². The molecule has 0 saturated carbocycles. The summed E-state index contributed by atoms with van der Waals surface area (Å²) in [4.78, 5) is 39.5. The number of rotatable bonds is 11. The van der Waals surface area contributed by atoms with Gasteiger partial charge in [-0.3, -0.25) is 29.4 Å². The van der Waals surface area contributed by atoms with E-state index in [0.29, 0.717) is 0 Å². The molecule has 2 heterocycles. The molecule has 0 radical (unpaired) electrons. The first kappa shape index (κ1) is 30.8. The summed E-state index contributed by atoms with van der Waals surface area (Å²) in [7, 11) is -4.63. The second-order valence-electron chi connectivity index (χ2n) is 10.2. The van der Waals surface area contributed by atoms with Gasteiger partial charge in [0, 0.05) is 12.6 Å². The van der Waals surface area contributed by atoms with Gasteiger partial charge < -0.3 is 14.2 Å². The summed E-state index contributed by atoms with van der Waals surface area (Å²) < 4.78 is 59.6. The van der Waals surface area contributed by atoms with Crippen molar-refractivity contribution in [1.29, 1.82) is 0 Å². The van der Waals surface area contributed by atoms with E-state index in [-0.39, 0.29) is 18.7 Å². The summed E-state index contributed by atoms with van der Waals surface area (Å²) in [5.74, 6) is -3.97. The maximum absolute atomic E-state index is 15.3. The summed E-state index contributed by atoms with van der Waals surface area (Å²) in [6.07, 6.45) is -0.0495. The maximum atomic E-state index is 15.3. The summed E-state index contributed by atoms with van der Waals surface area (Å²) in [5.41, 5.74) is -0.858. The summed E-state index contributed by atoms with van der Waals surface area (Å²) in [5, 5.41) is 8.84. The third kappa shape index (κ3) is 9.13. The van der Waals surface area contributed by atoms with E-state index in [1.165, 1.54) is 12.3 Å². The largest absolute Gasteiger partial charge is 0.480 e. The van der Waals surface area contributed by atoms with Crippen molar-refractivity contribution >= 4 is 25.6 Å². The molecule has 2 N–H and O–H groups in total. The Bertz CT molecular complexity index is 1030. The zero-order chi connectivity index (χ0) is 28.1. The first-order valence-electron chi connectivity index (χ1n) is 11.2. The van der Waals surface area contributed by atoms with Crippen LogP contribution in [0.5, 0.6) is 0 Å². The molecule has 0 unspecified atom stereocenters. The number of aromatic nitrogens is 2.